The molecule has 3 atom stereocenters. The number of hydrogen-bond acceptors (Lipinski definition) is 4. The van der Waals surface area contributed by atoms with Gasteiger partial charge in [-0.1, -0.05) is 13.3 Å². The lowest BCUT2D eigenvalue weighted by atomic mass is 10.0. The number of carbonyl (C=O) groups is 2. The number of amides is 2. The number of rotatable bonds is 4. The van der Waals surface area contributed by atoms with E-state index in [9.17, 15) is 18.0 Å². The molecule has 0 aromatic heterocycles. The summed E-state index contributed by atoms with van der Waals surface area (Å²) in [6.07, 6.45) is 2.02. The van der Waals surface area contributed by atoms with Gasteiger partial charge in [-0.25, -0.2) is 8.42 Å². The summed E-state index contributed by atoms with van der Waals surface area (Å²) < 4.78 is 23.0. The lowest BCUT2D eigenvalue weighted by molar-refractivity contribution is -0.149. The van der Waals surface area contributed by atoms with Gasteiger partial charge in [0.1, 0.15) is 12.1 Å². The van der Waals surface area contributed by atoms with Gasteiger partial charge in [0.2, 0.25) is 11.8 Å². The quantitative estimate of drug-likeness (QED) is 0.788. The van der Waals surface area contributed by atoms with E-state index in [1.165, 1.54) is 0 Å². The van der Waals surface area contributed by atoms with Gasteiger partial charge < -0.3 is 10.2 Å². The third-order valence-electron chi connectivity index (χ3n) is 4.10. The van der Waals surface area contributed by atoms with Gasteiger partial charge in [0.15, 0.2) is 9.84 Å². The normalized spacial score (nSPS) is 33.3. The van der Waals surface area contributed by atoms with Crippen molar-refractivity contribution in [1.82, 2.24) is 10.2 Å². The van der Waals surface area contributed by atoms with Crippen molar-refractivity contribution in [2.75, 3.05) is 18.1 Å². The molecular formula is C13H22N2O4S. The third kappa shape index (κ3) is 3.13. The molecule has 114 valence electrons. The topological polar surface area (TPSA) is 83.6 Å². The number of nitrogens with zero attached hydrogens (tertiary/aromatic N) is 1. The van der Waals surface area contributed by atoms with Crippen molar-refractivity contribution in [3.8, 4) is 0 Å². The summed E-state index contributed by atoms with van der Waals surface area (Å²) in [6.45, 7) is 4.02. The Bertz CT molecular complexity index is 503. The van der Waals surface area contributed by atoms with Crippen molar-refractivity contribution >= 4 is 21.7 Å². The average molecular weight is 302 g/mol. The molecule has 0 aliphatic carbocycles. The van der Waals surface area contributed by atoms with E-state index in [-0.39, 0.29) is 29.2 Å². The van der Waals surface area contributed by atoms with Gasteiger partial charge in [0.25, 0.3) is 0 Å². The molecule has 0 aromatic carbocycles. The maximum absolute atomic E-state index is 12.4. The van der Waals surface area contributed by atoms with E-state index < -0.39 is 21.9 Å². The molecular weight excluding hydrogens is 280 g/mol. The minimum atomic E-state index is -2.96. The molecule has 2 aliphatic rings. The van der Waals surface area contributed by atoms with E-state index in [4.69, 9.17) is 0 Å². The van der Waals surface area contributed by atoms with Gasteiger partial charge >= 0.3 is 0 Å². The van der Waals surface area contributed by atoms with E-state index in [1.54, 1.807) is 11.8 Å². The summed E-state index contributed by atoms with van der Waals surface area (Å²) in [5.74, 6) is 0.0501. The zero-order chi connectivity index (χ0) is 14.9. The van der Waals surface area contributed by atoms with Gasteiger partial charge in [0, 0.05) is 6.54 Å². The predicted molar refractivity (Wildman–Crippen MR) is 74.8 cm³/mol. The van der Waals surface area contributed by atoms with Gasteiger partial charge in [-0.3, -0.25) is 9.59 Å². The van der Waals surface area contributed by atoms with E-state index in [0.29, 0.717) is 19.4 Å². The Morgan fingerprint density at radius 1 is 1.35 bits per heavy atom. The smallest absolute Gasteiger partial charge is 0.245 e. The van der Waals surface area contributed by atoms with Gasteiger partial charge in [-0.2, -0.15) is 0 Å². The number of piperazine rings is 1. The summed E-state index contributed by atoms with van der Waals surface area (Å²) in [5, 5.41) is 2.74. The van der Waals surface area contributed by atoms with Crippen LogP contribution in [-0.2, 0) is 19.4 Å². The first-order valence-corrected chi connectivity index (χ1v) is 8.97. The van der Waals surface area contributed by atoms with Gasteiger partial charge in [-0.15, -0.1) is 0 Å². The van der Waals surface area contributed by atoms with E-state index in [1.807, 2.05) is 6.92 Å². The van der Waals surface area contributed by atoms with Crippen LogP contribution in [0.25, 0.3) is 0 Å². The highest BCUT2D eigenvalue weighted by Crippen LogP contribution is 2.22. The van der Waals surface area contributed by atoms with Gasteiger partial charge in [-0.05, 0) is 25.7 Å². The molecule has 2 aliphatic heterocycles. The van der Waals surface area contributed by atoms with E-state index in [2.05, 4.69) is 5.32 Å². The minimum Gasteiger partial charge on any atom is -0.343 e. The largest absolute Gasteiger partial charge is 0.343 e. The molecule has 2 saturated heterocycles. The van der Waals surface area contributed by atoms with Crippen LogP contribution in [0, 0.1) is 5.92 Å². The Morgan fingerprint density at radius 3 is 2.60 bits per heavy atom. The van der Waals surface area contributed by atoms with Crippen LogP contribution in [0.15, 0.2) is 0 Å². The first kappa shape index (κ1) is 15.3. The summed E-state index contributed by atoms with van der Waals surface area (Å²) in [7, 11) is -2.96. The SMILES string of the molecule is CCCC1NC(=O)C(C)N(CC2CCS(=O)(=O)C2)C1=O. The van der Waals surface area contributed by atoms with Crippen molar-refractivity contribution in [2.45, 2.75) is 45.2 Å². The molecule has 2 fully saturated rings. The molecule has 1 N–H and O–H groups in total. The highest BCUT2D eigenvalue weighted by Gasteiger charge is 2.40. The standard InChI is InChI=1S/C13H22N2O4S/c1-3-4-11-13(17)15(9(2)12(16)14-11)7-10-5-6-20(18,19)8-10/h9-11H,3-8H2,1-2H3,(H,14,16). The molecule has 0 aromatic rings. The second-order valence-electron chi connectivity index (χ2n) is 5.79. The molecule has 0 bridgehead atoms. The summed E-state index contributed by atoms with van der Waals surface area (Å²) in [5.41, 5.74) is 0. The summed E-state index contributed by atoms with van der Waals surface area (Å²) in [4.78, 5) is 25.9. The van der Waals surface area contributed by atoms with Crippen LogP contribution in [0.2, 0.25) is 0 Å². The fourth-order valence-electron chi connectivity index (χ4n) is 2.91. The Kier molecular flexibility index (Phi) is 4.36. The number of hydrogen-bond donors (Lipinski definition) is 1. The molecule has 0 saturated carbocycles. The first-order chi connectivity index (χ1) is 9.34. The molecule has 0 radical (unpaired) electrons. The zero-order valence-corrected chi connectivity index (χ0v) is 12.8. The predicted octanol–water partition coefficient (Wildman–Crippen LogP) is -0.0633. The molecule has 20 heavy (non-hydrogen) atoms. The zero-order valence-electron chi connectivity index (χ0n) is 12.0. The lowest BCUT2D eigenvalue weighted by Gasteiger charge is -2.38. The highest BCUT2D eigenvalue weighted by molar-refractivity contribution is 7.91. The molecule has 3 unspecified atom stereocenters. The summed E-state index contributed by atoms with van der Waals surface area (Å²) >= 11 is 0. The van der Waals surface area contributed by atoms with Crippen molar-refractivity contribution in [3.63, 3.8) is 0 Å². The fraction of sp³-hybridized carbons (Fsp3) is 0.846. The molecule has 2 rings (SSSR count). The first-order valence-electron chi connectivity index (χ1n) is 7.15. The Balaban J connectivity index is 2.07. The van der Waals surface area contributed by atoms with Crippen molar-refractivity contribution in [2.24, 2.45) is 5.92 Å². The van der Waals surface area contributed by atoms with Crippen LogP contribution in [-0.4, -0.2) is 55.3 Å². The van der Waals surface area contributed by atoms with Gasteiger partial charge in [0.05, 0.1) is 11.5 Å². The molecule has 2 heterocycles. The maximum Gasteiger partial charge on any atom is 0.245 e. The third-order valence-corrected chi connectivity index (χ3v) is 5.94. The monoisotopic (exact) mass is 302 g/mol. The van der Waals surface area contributed by atoms with Crippen LogP contribution < -0.4 is 5.32 Å². The Morgan fingerprint density at radius 2 is 2.05 bits per heavy atom. The highest BCUT2D eigenvalue weighted by atomic mass is 32.2. The Hall–Kier alpha value is -1.11. The summed E-state index contributed by atoms with van der Waals surface area (Å²) in [6, 6.07) is -0.972. The second-order valence-corrected chi connectivity index (χ2v) is 8.01. The van der Waals surface area contributed by atoms with Crippen LogP contribution in [0.3, 0.4) is 0 Å². The van der Waals surface area contributed by atoms with Crippen molar-refractivity contribution < 1.29 is 18.0 Å². The minimum absolute atomic E-state index is 0.0421. The van der Waals surface area contributed by atoms with Crippen LogP contribution >= 0.6 is 0 Å². The molecule has 0 spiro atoms. The Labute approximate surface area is 119 Å². The molecule has 6 nitrogen and oxygen atoms in total. The van der Waals surface area contributed by atoms with Crippen molar-refractivity contribution in [3.05, 3.63) is 0 Å². The van der Waals surface area contributed by atoms with E-state index in [0.717, 1.165) is 6.42 Å². The number of nitrogens with one attached hydrogen (secondary N) is 1. The van der Waals surface area contributed by atoms with Crippen LogP contribution in [0.1, 0.15) is 33.1 Å². The van der Waals surface area contributed by atoms with E-state index >= 15 is 0 Å². The fourth-order valence-corrected chi connectivity index (χ4v) is 4.76. The lowest BCUT2D eigenvalue weighted by Crippen LogP contribution is -2.63. The van der Waals surface area contributed by atoms with Crippen LogP contribution in [0.5, 0.6) is 0 Å². The maximum atomic E-state index is 12.4. The number of sulfone groups is 1. The second kappa shape index (κ2) is 5.71. The molecule has 7 heteroatoms. The van der Waals surface area contributed by atoms with Crippen molar-refractivity contribution in [1.29, 1.82) is 0 Å². The average Bonchev–Trinajstić information content (AvgIpc) is 2.71. The van der Waals surface area contributed by atoms with Crippen LogP contribution in [0.4, 0.5) is 0 Å². The molecule has 2 amide bonds. The number of carbonyl (C=O) groups excluding carboxylic acids is 2.